The summed E-state index contributed by atoms with van der Waals surface area (Å²) in [6.45, 7) is 10.8. The van der Waals surface area contributed by atoms with Crippen molar-refractivity contribution in [3.63, 3.8) is 0 Å². The molecule has 0 amide bonds. The Morgan fingerprint density at radius 3 is 2.81 bits per heavy atom. The van der Waals surface area contributed by atoms with E-state index in [1.54, 1.807) is 0 Å². The lowest BCUT2D eigenvalue weighted by Crippen LogP contribution is -2.47. The predicted molar refractivity (Wildman–Crippen MR) is 61.1 cm³/mol. The molecule has 1 aromatic heterocycles. The number of aryl methyl sites for hydroxylation is 2. The summed E-state index contributed by atoms with van der Waals surface area (Å²) in [6.07, 6.45) is 0. The van der Waals surface area contributed by atoms with Crippen molar-refractivity contribution in [2.75, 3.05) is 19.8 Å². The number of hydrogen-bond donors (Lipinski definition) is 1. The summed E-state index contributed by atoms with van der Waals surface area (Å²) in [5.74, 6) is 0. The minimum atomic E-state index is 0.318. The van der Waals surface area contributed by atoms with Gasteiger partial charge >= 0.3 is 0 Å². The van der Waals surface area contributed by atoms with Gasteiger partial charge in [0.15, 0.2) is 0 Å². The summed E-state index contributed by atoms with van der Waals surface area (Å²) in [6, 6.07) is 0. The zero-order valence-electron chi connectivity index (χ0n) is 10.3. The van der Waals surface area contributed by atoms with Crippen molar-refractivity contribution in [2.24, 2.45) is 5.41 Å². The third-order valence-electron chi connectivity index (χ3n) is 3.08. The SMILES string of the molecule is CCn1nnc(C)c1CNCC1(C)COC1. The molecule has 2 heterocycles. The van der Waals surface area contributed by atoms with Gasteiger partial charge < -0.3 is 10.1 Å². The van der Waals surface area contributed by atoms with Gasteiger partial charge in [0.25, 0.3) is 0 Å². The molecule has 5 heteroatoms. The number of ether oxygens (including phenoxy) is 1. The number of rotatable bonds is 5. The standard InChI is InChI=1S/C11H20N4O/c1-4-15-10(9(2)13-14-15)5-12-6-11(3)7-16-8-11/h12H,4-8H2,1-3H3. The fourth-order valence-electron chi connectivity index (χ4n) is 1.93. The minimum absolute atomic E-state index is 0.318. The maximum atomic E-state index is 5.22. The predicted octanol–water partition coefficient (Wildman–Crippen LogP) is 0.733. The van der Waals surface area contributed by atoms with Crippen LogP contribution in [0, 0.1) is 12.3 Å². The Morgan fingerprint density at radius 2 is 2.25 bits per heavy atom. The summed E-state index contributed by atoms with van der Waals surface area (Å²) in [7, 11) is 0. The van der Waals surface area contributed by atoms with Crippen LogP contribution in [0.5, 0.6) is 0 Å². The quantitative estimate of drug-likeness (QED) is 0.801. The van der Waals surface area contributed by atoms with E-state index in [4.69, 9.17) is 4.74 Å². The highest BCUT2D eigenvalue weighted by molar-refractivity contribution is 5.07. The molecule has 0 unspecified atom stereocenters. The monoisotopic (exact) mass is 224 g/mol. The lowest BCUT2D eigenvalue weighted by atomic mass is 9.89. The Labute approximate surface area is 96.2 Å². The van der Waals surface area contributed by atoms with Gasteiger partial charge in [-0.15, -0.1) is 5.10 Å². The average Bonchev–Trinajstić information content (AvgIpc) is 2.58. The van der Waals surface area contributed by atoms with Crippen molar-refractivity contribution in [1.29, 1.82) is 0 Å². The van der Waals surface area contributed by atoms with Crippen LogP contribution in [-0.4, -0.2) is 34.8 Å². The summed E-state index contributed by atoms with van der Waals surface area (Å²) in [5.41, 5.74) is 2.52. The Bertz CT molecular complexity index is 357. The Hall–Kier alpha value is -0.940. The molecule has 5 nitrogen and oxygen atoms in total. The highest BCUT2D eigenvalue weighted by atomic mass is 16.5. The summed E-state index contributed by atoms with van der Waals surface area (Å²) < 4.78 is 7.17. The van der Waals surface area contributed by atoms with Crippen molar-refractivity contribution < 1.29 is 4.74 Å². The molecule has 90 valence electrons. The molecule has 0 aliphatic carbocycles. The van der Waals surface area contributed by atoms with E-state index in [1.807, 2.05) is 11.6 Å². The largest absolute Gasteiger partial charge is 0.380 e. The second-order valence-corrected chi connectivity index (χ2v) is 4.84. The second kappa shape index (κ2) is 4.51. The maximum absolute atomic E-state index is 5.22. The van der Waals surface area contributed by atoms with Crippen molar-refractivity contribution >= 4 is 0 Å². The van der Waals surface area contributed by atoms with Crippen LogP contribution in [0.15, 0.2) is 0 Å². The van der Waals surface area contributed by atoms with Gasteiger partial charge in [0.1, 0.15) is 0 Å². The molecule has 0 atom stereocenters. The molecule has 0 radical (unpaired) electrons. The molecule has 1 aromatic rings. The van der Waals surface area contributed by atoms with E-state index in [9.17, 15) is 0 Å². The molecule has 1 N–H and O–H groups in total. The van der Waals surface area contributed by atoms with Crippen molar-refractivity contribution in [3.8, 4) is 0 Å². The van der Waals surface area contributed by atoms with Crippen LogP contribution in [0.4, 0.5) is 0 Å². The third kappa shape index (κ3) is 2.25. The minimum Gasteiger partial charge on any atom is -0.380 e. The normalized spacial score (nSPS) is 18.4. The van der Waals surface area contributed by atoms with Gasteiger partial charge in [-0.25, -0.2) is 4.68 Å². The zero-order valence-corrected chi connectivity index (χ0v) is 10.3. The fraction of sp³-hybridized carbons (Fsp3) is 0.818. The molecular formula is C11H20N4O. The first-order valence-corrected chi connectivity index (χ1v) is 5.82. The first-order valence-electron chi connectivity index (χ1n) is 5.82. The fourth-order valence-corrected chi connectivity index (χ4v) is 1.93. The van der Waals surface area contributed by atoms with Gasteiger partial charge in [-0.05, 0) is 13.8 Å². The van der Waals surface area contributed by atoms with Crippen LogP contribution < -0.4 is 5.32 Å². The third-order valence-corrected chi connectivity index (χ3v) is 3.08. The first kappa shape index (κ1) is 11.5. The average molecular weight is 224 g/mol. The van der Waals surface area contributed by atoms with Crippen molar-refractivity contribution in [3.05, 3.63) is 11.4 Å². The lowest BCUT2D eigenvalue weighted by Gasteiger charge is -2.38. The maximum Gasteiger partial charge on any atom is 0.0841 e. The topological polar surface area (TPSA) is 52.0 Å². The van der Waals surface area contributed by atoms with Gasteiger partial charge in [-0.2, -0.15) is 0 Å². The van der Waals surface area contributed by atoms with Crippen molar-refractivity contribution in [2.45, 2.75) is 33.9 Å². The van der Waals surface area contributed by atoms with E-state index in [1.165, 1.54) is 5.69 Å². The molecule has 0 spiro atoms. The highest BCUT2D eigenvalue weighted by Gasteiger charge is 2.32. The Morgan fingerprint density at radius 1 is 1.50 bits per heavy atom. The van der Waals surface area contributed by atoms with Crippen LogP contribution in [0.3, 0.4) is 0 Å². The highest BCUT2D eigenvalue weighted by Crippen LogP contribution is 2.25. The van der Waals surface area contributed by atoms with Crippen LogP contribution in [0.25, 0.3) is 0 Å². The molecule has 1 aliphatic heterocycles. The van der Waals surface area contributed by atoms with Gasteiger partial charge in [-0.3, -0.25) is 0 Å². The number of nitrogens with zero attached hydrogens (tertiary/aromatic N) is 3. The zero-order chi connectivity index (χ0) is 11.6. The number of aromatic nitrogens is 3. The van der Waals surface area contributed by atoms with Gasteiger partial charge in [0.05, 0.1) is 24.6 Å². The van der Waals surface area contributed by atoms with E-state index in [0.29, 0.717) is 5.41 Å². The molecule has 1 saturated heterocycles. The smallest absolute Gasteiger partial charge is 0.0841 e. The summed E-state index contributed by atoms with van der Waals surface area (Å²) in [5, 5.41) is 11.6. The molecule has 16 heavy (non-hydrogen) atoms. The summed E-state index contributed by atoms with van der Waals surface area (Å²) >= 11 is 0. The van der Waals surface area contributed by atoms with Gasteiger partial charge in [0.2, 0.25) is 0 Å². The van der Waals surface area contributed by atoms with Crippen LogP contribution in [-0.2, 0) is 17.8 Å². The number of hydrogen-bond acceptors (Lipinski definition) is 4. The van der Waals surface area contributed by atoms with Gasteiger partial charge in [-0.1, -0.05) is 12.1 Å². The second-order valence-electron chi connectivity index (χ2n) is 4.84. The molecule has 1 fully saturated rings. The van der Waals surface area contributed by atoms with E-state index in [2.05, 4.69) is 29.5 Å². The van der Waals surface area contributed by atoms with Gasteiger partial charge in [0, 0.05) is 25.0 Å². The van der Waals surface area contributed by atoms with E-state index >= 15 is 0 Å². The molecule has 0 aromatic carbocycles. The Balaban J connectivity index is 1.86. The molecular weight excluding hydrogens is 204 g/mol. The van der Waals surface area contributed by atoms with Crippen molar-refractivity contribution in [1.82, 2.24) is 20.3 Å². The van der Waals surface area contributed by atoms with E-state index in [0.717, 1.165) is 38.5 Å². The number of nitrogens with one attached hydrogen (secondary N) is 1. The van der Waals surface area contributed by atoms with Crippen LogP contribution in [0.1, 0.15) is 25.2 Å². The lowest BCUT2D eigenvalue weighted by molar-refractivity contribution is -0.0992. The van der Waals surface area contributed by atoms with Crippen LogP contribution in [0.2, 0.25) is 0 Å². The molecule has 0 bridgehead atoms. The Kier molecular flexibility index (Phi) is 3.25. The summed E-state index contributed by atoms with van der Waals surface area (Å²) in [4.78, 5) is 0. The molecule has 1 aliphatic rings. The van der Waals surface area contributed by atoms with E-state index < -0.39 is 0 Å². The molecule has 2 rings (SSSR count). The first-order chi connectivity index (χ1) is 7.64. The van der Waals surface area contributed by atoms with E-state index in [-0.39, 0.29) is 0 Å². The molecule has 0 saturated carbocycles. The van der Waals surface area contributed by atoms with Crippen LogP contribution >= 0.6 is 0 Å².